The molecule has 18 heavy (non-hydrogen) atoms. The van der Waals surface area contributed by atoms with E-state index in [0.717, 1.165) is 17.8 Å². The average molecular weight is 242 g/mol. The van der Waals surface area contributed by atoms with E-state index in [9.17, 15) is 0 Å². The molecule has 2 N–H and O–H groups in total. The van der Waals surface area contributed by atoms with Gasteiger partial charge in [0.25, 0.3) is 0 Å². The Morgan fingerprint density at radius 1 is 1.28 bits per heavy atom. The average Bonchev–Trinajstić information content (AvgIpc) is 2.78. The van der Waals surface area contributed by atoms with E-state index in [2.05, 4.69) is 24.2 Å². The van der Waals surface area contributed by atoms with Crippen molar-refractivity contribution in [2.45, 2.75) is 25.7 Å². The van der Waals surface area contributed by atoms with E-state index in [-0.39, 0.29) is 10.8 Å². The Hall–Kier alpha value is -1.68. The molecule has 1 aliphatic carbocycles. The summed E-state index contributed by atoms with van der Waals surface area (Å²) in [6, 6.07) is 10.0. The topological polar surface area (TPSA) is 56.7 Å². The summed E-state index contributed by atoms with van der Waals surface area (Å²) in [7, 11) is 0. The Morgan fingerprint density at radius 2 is 1.94 bits per heavy atom. The van der Waals surface area contributed by atoms with Crippen molar-refractivity contribution in [3.8, 4) is 5.69 Å². The number of hydrogen-bond acceptors (Lipinski definition) is 3. The third-order valence-corrected chi connectivity index (χ3v) is 4.27. The summed E-state index contributed by atoms with van der Waals surface area (Å²) in [5.74, 6) is 0. The lowest BCUT2D eigenvalue weighted by molar-refractivity contribution is 0.492. The maximum Gasteiger partial charge on any atom is 0.0911 e. The molecule has 1 saturated carbocycles. The van der Waals surface area contributed by atoms with Crippen LogP contribution in [0.4, 0.5) is 0 Å². The highest BCUT2D eigenvalue weighted by Crippen LogP contribution is 2.63. The minimum Gasteiger partial charge on any atom is -0.330 e. The molecule has 1 atom stereocenters. The summed E-state index contributed by atoms with van der Waals surface area (Å²) < 4.78 is 1.82. The van der Waals surface area contributed by atoms with Crippen LogP contribution in [0.25, 0.3) is 5.69 Å². The van der Waals surface area contributed by atoms with Crippen molar-refractivity contribution < 1.29 is 0 Å². The number of rotatable bonds is 3. The van der Waals surface area contributed by atoms with E-state index >= 15 is 0 Å². The molecule has 0 amide bonds. The van der Waals surface area contributed by atoms with Crippen LogP contribution in [-0.4, -0.2) is 21.5 Å². The van der Waals surface area contributed by atoms with Gasteiger partial charge in [0.15, 0.2) is 0 Å². The Balaban J connectivity index is 1.96. The first-order valence-corrected chi connectivity index (χ1v) is 6.27. The molecule has 1 aliphatic rings. The predicted molar refractivity (Wildman–Crippen MR) is 70.5 cm³/mol. The van der Waals surface area contributed by atoms with Crippen LogP contribution in [0.2, 0.25) is 0 Å². The number of benzene rings is 1. The first kappa shape index (κ1) is 11.4. The standard InChI is InChI=1S/C14H18N4/c1-13(2)9-14(13,10-15)12-8-18(17-16-12)11-6-4-3-5-7-11/h3-8H,9-10,15H2,1-2H3. The highest BCUT2D eigenvalue weighted by Gasteiger charge is 2.62. The maximum absolute atomic E-state index is 5.95. The van der Waals surface area contributed by atoms with Crippen molar-refractivity contribution in [3.05, 3.63) is 42.2 Å². The zero-order valence-electron chi connectivity index (χ0n) is 10.8. The van der Waals surface area contributed by atoms with Crippen LogP contribution >= 0.6 is 0 Å². The number of hydrogen-bond donors (Lipinski definition) is 1. The van der Waals surface area contributed by atoms with Crippen LogP contribution in [-0.2, 0) is 5.41 Å². The highest BCUT2D eigenvalue weighted by molar-refractivity contribution is 5.35. The zero-order chi connectivity index (χ0) is 12.8. The Kier molecular flexibility index (Phi) is 2.32. The van der Waals surface area contributed by atoms with Crippen LogP contribution in [0.3, 0.4) is 0 Å². The number of nitrogens with two attached hydrogens (primary N) is 1. The molecule has 1 fully saturated rings. The second-order valence-electron chi connectivity index (χ2n) is 5.73. The molecule has 4 nitrogen and oxygen atoms in total. The van der Waals surface area contributed by atoms with Gasteiger partial charge in [0.05, 0.1) is 17.6 Å². The molecule has 1 aromatic carbocycles. The van der Waals surface area contributed by atoms with Gasteiger partial charge in [-0.25, -0.2) is 4.68 Å². The van der Waals surface area contributed by atoms with Crippen LogP contribution in [0.1, 0.15) is 26.0 Å². The van der Waals surface area contributed by atoms with Gasteiger partial charge in [0.1, 0.15) is 0 Å². The smallest absolute Gasteiger partial charge is 0.0911 e. The van der Waals surface area contributed by atoms with Gasteiger partial charge in [-0.05, 0) is 24.0 Å². The number of aromatic nitrogens is 3. The molecular weight excluding hydrogens is 224 g/mol. The summed E-state index contributed by atoms with van der Waals surface area (Å²) in [4.78, 5) is 0. The van der Waals surface area contributed by atoms with Crippen molar-refractivity contribution in [2.24, 2.45) is 11.1 Å². The van der Waals surface area contributed by atoms with E-state index < -0.39 is 0 Å². The Bertz CT molecular complexity index is 558. The van der Waals surface area contributed by atoms with Gasteiger partial charge in [-0.2, -0.15) is 0 Å². The Morgan fingerprint density at radius 3 is 2.50 bits per heavy atom. The monoisotopic (exact) mass is 242 g/mol. The SMILES string of the molecule is CC1(C)CC1(CN)c1cn(-c2ccccc2)nn1. The molecule has 0 aliphatic heterocycles. The van der Waals surface area contributed by atoms with E-state index in [1.54, 1.807) is 0 Å². The van der Waals surface area contributed by atoms with Crippen molar-refractivity contribution in [2.75, 3.05) is 6.54 Å². The fourth-order valence-corrected chi connectivity index (χ4v) is 2.79. The summed E-state index contributed by atoms with van der Waals surface area (Å²) in [5, 5.41) is 8.54. The minimum atomic E-state index is 0.0139. The van der Waals surface area contributed by atoms with E-state index in [1.807, 2.05) is 41.2 Å². The molecule has 94 valence electrons. The third kappa shape index (κ3) is 1.49. The summed E-state index contributed by atoms with van der Waals surface area (Å²) in [6.45, 7) is 5.11. The molecule has 0 spiro atoms. The second kappa shape index (κ2) is 3.65. The quantitative estimate of drug-likeness (QED) is 0.894. The van der Waals surface area contributed by atoms with Gasteiger partial charge in [-0.1, -0.05) is 37.3 Å². The van der Waals surface area contributed by atoms with Crippen LogP contribution in [0.5, 0.6) is 0 Å². The number of nitrogens with zero attached hydrogens (tertiary/aromatic N) is 3. The minimum absolute atomic E-state index is 0.0139. The fourth-order valence-electron chi connectivity index (χ4n) is 2.79. The predicted octanol–water partition coefficient (Wildman–Crippen LogP) is 1.89. The largest absolute Gasteiger partial charge is 0.330 e. The first-order chi connectivity index (χ1) is 8.59. The van der Waals surface area contributed by atoms with Crippen molar-refractivity contribution in [1.29, 1.82) is 0 Å². The summed E-state index contributed by atoms with van der Waals surface area (Å²) in [6.07, 6.45) is 3.10. The summed E-state index contributed by atoms with van der Waals surface area (Å²) >= 11 is 0. The molecule has 1 aromatic heterocycles. The van der Waals surface area contributed by atoms with Crippen molar-refractivity contribution in [3.63, 3.8) is 0 Å². The van der Waals surface area contributed by atoms with Crippen molar-refractivity contribution >= 4 is 0 Å². The molecule has 0 bridgehead atoms. The molecule has 1 unspecified atom stereocenters. The number of para-hydroxylation sites is 1. The first-order valence-electron chi connectivity index (χ1n) is 6.27. The normalized spacial score (nSPS) is 25.1. The van der Waals surface area contributed by atoms with Crippen LogP contribution in [0, 0.1) is 5.41 Å². The van der Waals surface area contributed by atoms with E-state index in [4.69, 9.17) is 5.73 Å². The molecule has 1 heterocycles. The molecule has 4 heteroatoms. The Labute approximate surface area is 107 Å². The maximum atomic E-state index is 5.95. The van der Waals surface area contributed by atoms with Crippen LogP contribution in [0.15, 0.2) is 36.5 Å². The zero-order valence-corrected chi connectivity index (χ0v) is 10.8. The van der Waals surface area contributed by atoms with Gasteiger partial charge in [0.2, 0.25) is 0 Å². The van der Waals surface area contributed by atoms with Gasteiger partial charge in [0, 0.05) is 12.0 Å². The lowest BCUT2D eigenvalue weighted by Crippen LogP contribution is -2.25. The van der Waals surface area contributed by atoms with E-state index in [1.165, 1.54) is 0 Å². The van der Waals surface area contributed by atoms with Gasteiger partial charge < -0.3 is 5.73 Å². The lowest BCUT2D eigenvalue weighted by Gasteiger charge is -2.14. The molecule has 2 aromatic rings. The van der Waals surface area contributed by atoms with Gasteiger partial charge >= 0.3 is 0 Å². The molecule has 3 rings (SSSR count). The molecular formula is C14H18N4. The van der Waals surface area contributed by atoms with E-state index in [0.29, 0.717) is 6.54 Å². The lowest BCUT2D eigenvalue weighted by atomic mass is 9.93. The van der Waals surface area contributed by atoms with Gasteiger partial charge in [-0.15, -0.1) is 5.10 Å². The highest BCUT2D eigenvalue weighted by atomic mass is 15.4. The molecule has 0 saturated heterocycles. The fraction of sp³-hybridized carbons (Fsp3) is 0.429. The third-order valence-electron chi connectivity index (χ3n) is 4.27. The van der Waals surface area contributed by atoms with Crippen molar-refractivity contribution in [1.82, 2.24) is 15.0 Å². The van der Waals surface area contributed by atoms with Crippen LogP contribution < -0.4 is 5.73 Å². The van der Waals surface area contributed by atoms with Gasteiger partial charge in [-0.3, -0.25) is 0 Å². The molecule has 0 radical (unpaired) electrons. The summed E-state index contributed by atoms with van der Waals surface area (Å²) in [5.41, 5.74) is 8.24. The second-order valence-corrected chi connectivity index (χ2v) is 5.73.